The minimum Gasteiger partial charge on any atom is -0.395 e. The Morgan fingerprint density at radius 1 is 1.33 bits per heavy atom. The number of nitrogens with two attached hydrogens (primary N) is 1. The molecule has 0 saturated heterocycles. The number of pyridine rings is 1. The van der Waals surface area contributed by atoms with Crippen LogP contribution in [0.4, 0.5) is 14.5 Å². The van der Waals surface area contributed by atoms with Gasteiger partial charge < -0.3 is 10.7 Å². The van der Waals surface area contributed by atoms with Gasteiger partial charge in [-0.1, -0.05) is 17.7 Å². The second-order valence-corrected chi connectivity index (χ2v) is 4.23. The van der Waals surface area contributed by atoms with Crippen LogP contribution >= 0.6 is 11.6 Å². The maximum atomic E-state index is 13.9. The average Bonchev–Trinajstić information content (AvgIpc) is 2.32. The standard InChI is InChI=1S/C12H9ClF2N2O/c1-5-2-3-6(7(14)4-5)11-9(15)10(16)8(13)12(18)17-11/h2-4H,1H3,(H3,16,17,18). The van der Waals surface area contributed by atoms with Gasteiger partial charge in [-0.05, 0) is 24.6 Å². The van der Waals surface area contributed by atoms with Crippen LogP contribution in [0.1, 0.15) is 5.56 Å². The number of rotatable bonds is 1. The molecule has 0 aliphatic heterocycles. The van der Waals surface area contributed by atoms with E-state index in [0.717, 1.165) is 0 Å². The molecule has 18 heavy (non-hydrogen) atoms. The van der Waals surface area contributed by atoms with Crippen molar-refractivity contribution in [1.82, 2.24) is 4.98 Å². The van der Waals surface area contributed by atoms with E-state index in [0.29, 0.717) is 5.56 Å². The Morgan fingerprint density at radius 2 is 2.00 bits per heavy atom. The fourth-order valence-corrected chi connectivity index (χ4v) is 1.72. The number of hydrogen-bond donors (Lipinski definition) is 2. The van der Waals surface area contributed by atoms with E-state index in [9.17, 15) is 13.6 Å². The average molecular weight is 271 g/mol. The van der Waals surface area contributed by atoms with Crippen molar-refractivity contribution in [2.45, 2.75) is 6.92 Å². The summed E-state index contributed by atoms with van der Waals surface area (Å²) >= 11 is 5.50. The molecule has 3 nitrogen and oxygen atoms in total. The molecule has 0 fully saturated rings. The second kappa shape index (κ2) is 4.42. The number of aromatic amines is 1. The molecule has 0 aliphatic rings. The van der Waals surface area contributed by atoms with Gasteiger partial charge in [0.25, 0.3) is 5.56 Å². The molecule has 0 spiro atoms. The van der Waals surface area contributed by atoms with Crippen LogP contribution in [0, 0.1) is 18.6 Å². The van der Waals surface area contributed by atoms with E-state index >= 15 is 0 Å². The van der Waals surface area contributed by atoms with Gasteiger partial charge in [-0.15, -0.1) is 0 Å². The molecule has 6 heteroatoms. The number of halogens is 3. The number of aryl methyl sites for hydroxylation is 1. The SMILES string of the molecule is Cc1ccc(-c2[nH]c(=O)c(Cl)c(N)c2F)c(F)c1. The van der Waals surface area contributed by atoms with Gasteiger partial charge in [0, 0.05) is 5.56 Å². The van der Waals surface area contributed by atoms with E-state index < -0.39 is 27.9 Å². The van der Waals surface area contributed by atoms with Gasteiger partial charge in [0.15, 0.2) is 5.82 Å². The molecule has 0 saturated carbocycles. The topological polar surface area (TPSA) is 58.9 Å². The predicted octanol–water partition coefficient (Wildman–Crippen LogP) is 2.86. The lowest BCUT2D eigenvalue weighted by atomic mass is 10.1. The lowest BCUT2D eigenvalue weighted by molar-refractivity contribution is 0.613. The Balaban J connectivity index is 2.76. The van der Waals surface area contributed by atoms with E-state index in [1.165, 1.54) is 12.1 Å². The van der Waals surface area contributed by atoms with Gasteiger partial charge in [0.2, 0.25) is 0 Å². The van der Waals surface area contributed by atoms with E-state index in [1.54, 1.807) is 13.0 Å². The first-order chi connectivity index (χ1) is 8.41. The van der Waals surface area contributed by atoms with Crippen LogP contribution in [0.2, 0.25) is 5.02 Å². The van der Waals surface area contributed by atoms with E-state index in [1.807, 2.05) is 0 Å². The molecule has 1 heterocycles. The normalized spacial score (nSPS) is 10.7. The zero-order valence-electron chi connectivity index (χ0n) is 9.35. The summed E-state index contributed by atoms with van der Waals surface area (Å²) in [6.45, 7) is 1.70. The number of nitrogens with one attached hydrogen (secondary N) is 1. The molecule has 2 rings (SSSR count). The molecule has 0 radical (unpaired) electrons. The van der Waals surface area contributed by atoms with Crippen LogP contribution in [-0.2, 0) is 0 Å². The highest BCUT2D eigenvalue weighted by molar-refractivity contribution is 6.32. The molecular formula is C12H9ClF2N2O. The predicted molar refractivity (Wildman–Crippen MR) is 66.6 cm³/mol. The fourth-order valence-electron chi connectivity index (χ4n) is 1.59. The molecule has 0 atom stereocenters. The van der Waals surface area contributed by atoms with E-state index in [-0.39, 0.29) is 11.3 Å². The van der Waals surface area contributed by atoms with Crippen LogP contribution in [0.25, 0.3) is 11.3 Å². The molecule has 0 aliphatic carbocycles. The lowest BCUT2D eigenvalue weighted by Crippen LogP contribution is -2.13. The summed E-state index contributed by atoms with van der Waals surface area (Å²) < 4.78 is 27.6. The molecule has 0 unspecified atom stereocenters. The van der Waals surface area contributed by atoms with Crippen molar-refractivity contribution in [2.24, 2.45) is 0 Å². The molecule has 0 bridgehead atoms. The van der Waals surface area contributed by atoms with Crippen LogP contribution in [0.15, 0.2) is 23.0 Å². The van der Waals surface area contributed by atoms with Crippen molar-refractivity contribution in [2.75, 3.05) is 5.73 Å². The molecule has 2 aromatic rings. The molecule has 1 aromatic heterocycles. The molecular weight excluding hydrogens is 262 g/mol. The summed E-state index contributed by atoms with van der Waals surface area (Å²) in [5.74, 6) is -1.59. The smallest absolute Gasteiger partial charge is 0.269 e. The first kappa shape index (κ1) is 12.6. The number of benzene rings is 1. The molecule has 3 N–H and O–H groups in total. The van der Waals surface area contributed by atoms with Crippen molar-refractivity contribution >= 4 is 17.3 Å². The lowest BCUT2D eigenvalue weighted by Gasteiger charge is -2.08. The number of anilines is 1. The summed E-state index contributed by atoms with van der Waals surface area (Å²) in [6, 6.07) is 4.20. The van der Waals surface area contributed by atoms with Crippen LogP contribution < -0.4 is 11.3 Å². The monoisotopic (exact) mass is 270 g/mol. The van der Waals surface area contributed by atoms with E-state index in [2.05, 4.69) is 4.98 Å². The number of hydrogen-bond acceptors (Lipinski definition) is 2. The molecule has 0 amide bonds. The molecule has 1 aromatic carbocycles. The van der Waals surface area contributed by atoms with Crippen LogP contribution in [0.3, 0.4) is 0 Å². The van der Waals surface area contributed by atoms with Gasteiger partial charge in [0.05, 0.1) is 11.4 Å². The molecule has 94 valence electrons. The minimum atomic E-state index is -0.942. The Morgan fingerprint density at radius 3 is 2.61 bits per heavy atom. The fraction of sp³-hybridized carbons (Fsp3) is 0.0833. The summed E-state index contributed by atoms with van der Waals surface area (Å²) in [6.07, 6.45) is 0. The number of aromatic nitrogens is 1. The zero-order chi connectivity index (χ0) is 13.4. The number of H-pyrrole nitrogens is 1. The summed E-state index contributed by atoms with van der Waals surface area (Å²) in [5, 5.41) is -0.441. The highest BCUT2D eigenvalue weighted by Crippen LogP contribution is 2.28. The Hall–Kier alpha value is -1.88. The van der Waals surface area contributed by atoms with Gasteiger partial charge in [-0.2, -0.15) is 0 Å². The summed E-state index contributed by atoms with van der Waals surface area (Å²) in [4.78, 5) is 13.6. The maximum Gasteiger partial charge on any atom is 0.269 e. The van der Waals surface area contributed by atoms with Crippen molar-refractivity contribution in [3.05, 3.63) is 50.8 Å². The summed E-state index contributed by atoms with van der Waals surface area (Å²) in [5.41, 5.74) is 4.41. The second-order valence-electron chi connectivity index (χ2n) is 3.85. The van der Waals surface area contributed by atoms with Crippen LogP contribution in [-0.4, -0.2) is 4.98 Å². The van der Waals surface area contributed by atoms with Gasteiger partial charge in [0.1, 0.15) is 10.8 Å². The number of nitrogen functional groups attached to an aromatic ring is 1. The Labute approximate surface area is 106 Å². The van der Waals surface area contributed by atoms with Crippen molar-refractivity contribution in [3.63, 3.8) is 0 Å². The van der Waals surface area contributed by atoms with Crippen LogP contribution in [0.5, 0.6) is 0 Å². The van der Waals surface area contributed by atoms with Crippen molar-refractivity contribution in [1.29, 1.82) is 0 Å². The summed E-state index contributed by atoms with van der Waals surface area (Å²) in [7, 11) is 0. The van der Waals surface area contributed by atoms with Gasteiger partial charge in [-0.3, -0.25) is 4.79 Å². The van der Waals surface area contributed by atoms with Gasteiger partial charge >= 0.3 is 0 Å². The highest BCUT2D eigenvalue weighted by atomic mass is 35.5. The third-order valence-corrected chi connectivity index (χ3v) is 2.90. The Kier molecular flexibility index (Phi) is 3.09. The quantitative estimate of drug-likeness (QED) is 0.837. The third-order valence-electron chi connectivity index (χ3n) is 2.52. The van der Waals surface area contributed by atoms with Gasteiger partial charge in [-0.25, -0.2) is 8.78 Å². The maximum absolute atomic E-state index is 13.9. The zero-order valence-corrected chi connectivity index (χ0v) is 10.1. The van der Waals surface area contributed by atoms with Crippen molar-refractivity contribution < 1.29 is 8.78 Å². The highest BCUT2D eigenvalue weighted by Gasteiger charge is 2.17. The Bertz CT molecular complexity index is 683. The van der Waals surface area contributed by atoms with Crippen molar-refractivity contribution in [3.8, 4) is 11.3 Å². The third kappa shape index (κ3) is 1.97. The largest absolute Gasteiger partial charge is 0.395 e. The first-order valence-electron chi connectivity index (χ1n) is 5.05. The minimum absolute atomic E-state index is 0.0708. The first-order valence-corrected chi connectivity index (χ1v) is 5.43. The van der Waals surface area contributed by atoms with E-state index in [4.69, 9.17) is 17.3 Å².